The third kappa shape index (κ3) is 6.25. The maximum atomic E-state index is 13.5. The molecule has 0 unspecified atom stereocenters. The molecule has 0 saturated heterocycles. The summed E-state index contributed by atoms with van der Waals surface area (Å²) in [5.41, 5.74) is 3.10. The van der Waals surface area contributed by atoms with Crippen LogP contribution in [0.15, 0.2) is 111 Å². The van der Waals surface area contributed by atoms with Crippen molar-refractivity contribution in [3.63, 3.8) is 0 Å². The van der Waals surface area contributed by atoms with Crippen molar-refractivity contribution in [3.8, 4) is 5.75 Å². The lowest BCUT2D eigenvalue weighted by Crippen LogP contribution is -2.36. The molecular formula is C32H26ClNO6S. The summed E-state index contributed by atoms with van der Waals surface area (Å²) in [7, 11) is -4.09. The lowest BCUT2D eigenvalue weighted by atomic mass is 9.99. The Morgan fingerprint density at radius 3 is 2.22 bits per heavy atom. The Morgan fingerprint density at radius 2 is 1.56 bits per heavy atom. The Morgan fingerprint density at radius 1 is 0.927 bits per heavy atom. The average Bonchev–Trinajstić information content (AvgIpc) is 2.96. The molecular weight excluding hydrogens is 562 g/mol. The standard InChI is InChI=1S/C32H26ClNO6S/c1-20-13-15-24(16-14-20)41(37,38)34-30(23-11-7-4-8-12-23)32(36)40-29-19-28-25(18-27(29)33)21(2)26(31(35)39-28)17-22-9-5-3-6-10-22/h3-16,18-19,30,34H,17H2,1-2H3/t30-/m1/s1. The van der Waals surface area contributed by atoms with Crippen molar-refractivity contribution in [2.24, 2.45) is 0 Å². The van der Waals surface area contributed by atoms with Gasteiger partial charge in [-0.1, -0.05) is 90.0 Å². The van der Waals surface area contributed by atoms with E-state index in [-0.39, 0.29) is 21.3 Å². The highest BCUT2D eigenvalue weighted by Gasteiger charge is 2.30. The molecule has 0 aliphatic rings. The zero-order valence-corrected chi connectivity index (χ0v) is 23.8. The third-order valence-corrected chi connectivity index (χ3v) is 8.48. The van der Waals surface area contributed by atoms with Crippen molar-refractivity contribution in [2.45, 2.75) is 31.2 Å². The minimum atomic E-state index is -4.09. The van der Waals surface area contributed by atoms with E-state index in [4.69, 9.17) is 20.8 Å². The molecule has 0 amide bonds. The van der Waals surface area contributed by atoms with Crippen molar-refractivity contribution in [3.05, 3.63) is 140 Å². The Balaban J connectivity index is 1.47. The van der Waals surface area contributed by atoms with E-state index in [0.717, 1.165) is 11.1 Å². The number of ether oxygens (including phenoxy) is 1. The summed E-state index contributed by atoms with van der Waals surface area (Å²) < 4.78 is 40.0. The summed E-state index contributed by atoms with van der Waals surface area (Å²) in [4.78, 5) is 26.4. The summed E-state index contributed by atoms with van der Waals surface area (Å²) >= 11 is 6.53. The van der Waals surface area contributed by atoms with Gasteiger partial charge in [0.15, 0.2) is 5.75 Å². The van der Waals surface area contributed by atoms with Crippen LogP contribution in [0.5, 0.6) is 5.75 Å². The molecule has 0 spiro atoms. The summed E-state index contributed by atoms with van der Waals surface area (Å²) in [5, 5.41) is 0.696. The number of hydrogen-bond acceptors (Lipinski definition) is 6. The van der Waals surface area contributed by atoms with E-state index in [1.54, 1.807) is 48.5 Å². The molecule has 1 heterocycles. The molecule has 4 aromatic carbocycles. The molecule has 1 atom stereocenters. The molecule has 0 fully saturated rings. The van der Waals surface area contributed by atoms with Gasteiger partial charge >= 0.3 is 11.6 Å². The molecule has 7 nitrogen and oxygen atoms in total. The second-order valence-corrected chi connectivity index (χ2v) is 11.8. The van der Waals surface area contributed by atoms with Gasteiger partial charge in [-0.25, -0.2) is 18.0 Å². The van der Waals surface area contributed by atoms with Crippen LogP contribution < -0.4 is 15.1 Å². The van der Waals surface area contributed by atoms with Crippen LogP contribution in [0.25, 0.3) is 11.0 Å². The first kappa shape index (κ1) is 28.3. The van der Waals surface area contributed by atoms with Gasteiger partial charge in [-0.15, -0.1) is 0 Å². The van der Waals surface area contributed by atoms with Crippen LogP contribution >= 0.6 is 11.6 Å². The highest BCUT2D eigenvalue weighted by molar-refractivity contribution is 7.89. The van der Waals surface area contributed by atoms with E-state index in [1.165, 1.54) is 18.2 Å². The zero-order chi connectivity index (χ0) is 29.1. The van der Waals surface area contributed by atoms with Crippen molar-refractivity contribution >= 4 is 38.6 Å². The van der Waals surface area contributed by atoms with Gasteiger partial charge in [0.25, 0.3) is 0 Å². The predicted octanol–water partition coefficient (Wildman–Crippen LogP) is 6.28. The van der Waals surface area contributed by atoms with Crippen molar-refractivity contribution in [2.75, 3.05) is 0 Å². The summed E-state index contributed by atoms with van der Waals surface area (Å²) in [6.07, 6.45) is 0.388. The van der Waals surface area contributed by atoms with Crippen LogP contribution in [0.4, 0.5) is 0 Å². The first-order valence-corrected chi connectivity index (χ1v) is 14.6. The summed E-state index contributed by atoms with van der Waals surface area (Å²) in [6.45, 7) is 3.65. The number of nitrogens with one attached hydrogen (secondary N) is 1. The molecule has 0 bridgehead atoms. The number of rotatable bonds is 8. The fourth-order valence-electron chi connectivity index (χ4n) is 4.48. The second kappa shape index (κ2) is 11.7. The maximum Gasteiger partial charge on any atom is 0.340 e. The summed E-state index contributed by atoms with van der Waals surface area (Å²) in [6, 6.07) is 25.7. The van der Waals surface area contributed by atoms with Gasteiger partial charge in [-0.2, -0.15) is 4.72 Å². The van der Waals surface area contributed by atoms with Gasteiger partial charge in [0, 0.05) is 23.4 Å². The quantitative estimate of drug-likeness (QED) is 0.130. The first-order chi connectivity index (χ1) is 19.6. The van der Waals surface area contributed by atoms with Crippen LogP contribution in [0, 0.1) is 13.8 Å². The Bertz CT molecular complexity index is 1890. The number of aryl methyl sites for hydroxylation is 2. The van der Waals surface area contributed by atoms with Crippen LogP contribution in [0.3, 0.4) is 0 Å². The number of carbonyl (C=O) groups excluding carboxylic acids is 1. The lowest BCUT2D eigenvalue weighted by molar-refractivity contribution is -0.136. The number of sulfonamides is 1. The fraction of sp³-hybridized carbons (Fsp3) is 0.125. The van der Waals surface area contributed by atoms with Gasteiger partial charge in [-0.05, 0) is 48.7 Å². The molecule has 5 aromatic rings. The smallest absolute Gasteiger partial charge is 0.340 e. The SMILES string of the molecule is Cc1ccc(S(=O)(=O)N[C@@H](C(=O)Oc2cc3oc(=O)c(Cc4ccccc4)c(C)c3cc2Cl)c2ccccc2)cc1. The Kier molecular flexibility index (Phi) is 8.08. The Labute approximate surface area is 242 Å². The first-order valence-electron chi connectivity index (χ1n) is 12.8. The van der Waals surface area contributed by atoms with E-state index in [2.05, 4.69) is 4.72 Å². The monoisotopic (exact) mass is 587 g/mol. The summed E-state index contributed by atoms with van der Waals surface area (Å²) in [5.74, 6) is -0.981. The molecule has 1 N–H and O–H groups in total. The van der Waals surface area contributed by atoms with E-state index in [0.29, 0.717) is 28.5 Å². The minimum absolute atomic E-state index is 0.00382. The highest BCUT2D eigenvalue weighted by atomic mass is 35.5. The van der Waals surface area contributed by atoms with Crippen LogP contribution in [-0.2, 0) is 21.2 Å². The van der Waals surface area contributed by atoms with E-state index >= 15 is 0 Å². The van der Waals surface area contributed by atoms with Crippen molar-refractivity contribution in [1.82, 2.24) is 4.72 Å². The van der Waals surface area contributed by atoms with Crippen molar-refractivity contribution in [1.29, 1.82) is 0 Å². The number of benzene rings is 4. The van der Waals surface area contributed by atoms with Gasteiger partial charge in [0.1, 0.15) is 11.6 Å². The van der Waals surface area contributed by atoms with Crippen LogP contribution in [0.2, 0.25) is 5.02 Å². The molecule has 41 heavy (non-hydrogen) atoms. The lowest BCUT2D eigenvalue weighted by Gasteiger charge is -2.19. The maximum absolute atomic E-state index is 13.5. The minimum Gasteiger partial charge on any atom is -0.423 e. The molecule has 0 aliphatic heterocycles. The third-order valence-electron chi connectivity index (χ3n) is 6.75. The van der Waals surface area contributed by atoms with E-state index in [1.807, 2.05) is 44.2 Å². The van der Waals surface area contributed by atoms with Gasteiger partial charge in [0.2, 0.25) is 10.0 Å². The zero-order valence-electron chi connectivity index (χ0n) is 22.3. The molecule has 5 rings (SSSR count). The fourth-order valence-corrected chi connectivity index (χ4v) is 5.85. The van der Waals surface area contributed by atoms with E-state index < -0.39 is 27.7 Å². The molecule has 0 radical (unpaired) electrons. The number of carbonyl (C=O) groups is 1. The second-order valence-electron chi connectivity index (χ2n) is 9.63. The number of fused-ring (bicyclic) bond motifs is 1. The predicted molar refractivity (Wildman–Crippen MR) is 158 cm³/mol. The number of esters is 1. The van der Waals surface area contributed by atoms with E-state index in [9.17, 15) is 18.0 Å². The van der Waals surface area contributed by atoms with Gasteiger partial charge in [0.05, 0.1) is 9.92 Å². The molecule has 1 aromatic heterocycles. The molecule has 9 heteroatoms. The van der Waals surface area contributed by atoms with Crippen LogP contribution in [0.1, 0.15) is 33.9 Å². The topological polar surface area (TPSA) is 103 Å². The highest BCUT2D eigenvalue weighted by Crippen LogP contribution is 2.33. The normalized spacial score (nSPS) is 12.3. The molecule has 0 saturated carbocycles. The van der Waals surface area contributed by atoms with Gasteiger partial charge in [-0.3, -0.25) is 0 Å². The van der Waals surface area contributed by atoms with Gasteiger partial charge < -0.3 is 9.15 Å². The largest absolute Gasteiger partial charge is 0.423 e. The Hall–Kier alpha value is -4.24. The average molecular weight is 588 g/mol. The van der Waals surface area contributed by atoms with Crippen LogP contribution in [-0.4, -0.2) is 14.4 Å². The number of hydrogen-bond donors (Lipinski definition) is 1. The van der Waals surface area contributed by atoms with Crippen molar-refractivity contribution < 1.29 is 22.4 Å². The number of halogens is 1. The molecule has 0 aliphatic carbocycles. The molecule has 208 valence electrons.